The van der Waals surface area contributed by atoms with Crippen molar-refractivity contribution in [2.24, 2.45) is 0 Å². The molecule has 1 aliphatic heterocycles. The maximum absolute atomic E-state index is 13.4. The monoisotopic (exact) mass is 375 g/mol. The Labute approximate surface area is 165 Å². The maximum Gasteiger partial charge on any atom is 0.254 e. The summed E-state index contributed by atoms with van der Waals surface area (Å²) < 4.78 is 0. The van der Waals surface area contributed by atoms with Crippen LogP contribution in [0.4, 0.5) is 5.95 Å². The molecule has 1 saturated heterocycles. The molecule has 1 aliphatic rings. The molecule has 6 nitrogen and oxygen atoms in total. The van der Waals surface area contributed by atoms with Crippen LogP contribution in [0.25, 0.3) is 22.2 Å². The highest BCUT2D eigenvalue weighted by atomic mass is 16.2. The first-order valence-electron chi connectivity index (χ1n) is 9.75. The Balaban J connectivity index is 1.80. The Kier molecular flexibility index (Phi) is 4.94. The fraction of sp³-hybridized carbons (Fsp3) is 0.364. The predicted molar refractivity (Wildman–Crippen MR) is 111 cm³/mol. The van der Waals surface area contributed by atoms with Gasteiger partial charge in [0.1, 0.15) is 0 Å². The molecule has 0 radical (unpaired) electrons. The van der Waals surface area contributed by atoms with Crippen molar-refractivity contribution in [3.05, 3.63) is 48.3 Å². The molecule has 1 fully saturated rings. The first-order valence-corrected chi connectivity index (χ1v) is 9.75. The molecule has 6 heteroatoms. The van der Waals surface area contributed by atoms with E-state index in [1.54, 1.807) is 12.4 Å². The average molecular weight is 375 g/mol. The molecule has 0 spiro atoms. The summed E-state index contributed by atoms with van der Waals surface area (Å²) in [4.78, 5) is 30.8. The highest BCUT2D eigenvalue weighted by molar-refractivity contribution is 6.07. The topological polar surface area (TPSA) is 62.2 Å². The number of nitrogens with zero attached hydrogens (tertiary/aromatic N) is 5. The number of carbonyl (C=O) groups excluding carboxylic acids is 1. The number of carbonyl (C=O) groups is 1. The minimum Gasteiger partial charge on any atom is -0.347 e. The lowest BCUT2D eigenvalue weighted by molar-refractivity contribution is 0.0637. The third kappa shape index (κ3) is 3.42. The van der Waals surface area contributed by atoms with E-state index in [1.807, 2.05) is 54.2 Å². The number of benzene rings is 1. The van der Waals surface area contributed by atoms with Gasteiger partial charge in [-0.3, -0.25) is 4.79 Å². The molecule has 28 heavy (non-hydrogen) atoms. The van der Waals surface area contributed by atoms with Crippen LogP contribution in [0.3, 0.4) is 0 Å². The molecular weight excluding hydrogens is 350 g/mol. The van der Waals surface area contributed by atoms with Gasteiger partial charge >= 0.3 is 0 Å². The van der Waals surface area contributed by atoms with Gasteiger partial charge in [0.15, 0.2) is 0 Å². The lowest BCUT2D eigenvalue weighted by atomic mass is 10.00. The van der Waals surface area contributed by atoms with Crippen LogP contribution in [0.2, 0.25) is 0 Å². The van der Waals surface area contributed by atoms with Crippen molar-refractivity contribution in [3.8, 4) is 11.3 Å². The minimum absolute atomic E-state index is 0.0814. The van der Waals surface area contributed by atoms with Crippen molar-refractivity contribution < 1.29 is 4.79 Å². The molecule has 3 heterocycles. The van der Waals surface area contributed by atoms with Gasteiger partial charge in [0.25, 0.3) is 5.91 Å². The number of anilines is 1. The molecule has 0 N–H and O–H groups in total. The molecule has 0 unspecified atom stereocenters. The number of hydrogen-bond acceptors (Lipinski definition) is 5. The second-order valence-electron chi connectivity index (χ2n) is 7.58. The second kappa shape index (κ2) is 7.54. The van der Waals surface area contributed by atoms with Crippen molar-refractivity contribution in [1.29, 1.82) is 0 Å². The second-order valence-corrected chi connectivity index (χ2v) is 7.58. The summed E-state index contributed by atoms with van der Waals surface area (Å²) in [5.74, 6) is 0.723. The third-order valence-corrected chi connectivity index (χ3v) is 5.34. The lowest BCUT2D eigenvalue weighted by Gasteiger charge is -2.33. The van der Waals surface area contributed by atoms with E-state index in [1.165, 1.54) is 6.42 Å². The van der Waals surface area contributed by atoms with E-state index in [-0.39, 0.29) is 11.9 Å². The van der Waals surface area contributed by atoms with Gasteiger partial charge in [-0.2, -0.15) is 0 Å². The van der Waals surface area contributed by atoms with Crippen molar-refractivity contribution in [2.75, 3.05) is 25.5 Å². The molecule has 0 aliphatic carbocycles. The van der Waals surface area contributed by atoms with Crippen molar-refractivity contribution >= 4 is 22.8 Å². The molecule has 4 rings (SSSR count). The lowest BCUT2D eigenvalue weighted by Crippen LogP contribution is -2.42. The van der Waals surface area contributed by atoms with Crippen molar-refractivity contribution in [3.63, 3.8) is 0 Å². The number of para-hydroxylation sites is 1. The van der Waals surface area contributed by atoms with Gasteiger partial charge in [-0.1, -0.05) is 18.2 Å². The van der Waals surface area contributed by atoms with Crippen molar-refractivity contribution in [2.45, 2.75) is 32.2 Å². The Morgan fingerprint density at radius 1 is 1.14 bits per heavy atom. The van der Waals surface area contributed by atoms with E-state index in [0.29, 0.717) is 11.5 Å². The van der Waals surface area contributed by atoms with E-state index in [2.05, 4.69) is 16.9 Å². The fourth-order valence-electron chi connectivity index (χ4n) is 3.74. The first kappa shape index (κ1) is 18.3. The number of hydrogen-bond donors (Lipinski definition) is 0. The summed E-state index contributed by atoms with van der Waals surface area (Å²) in [5, 5.41) is 0.889. The smallest absolute Gasteiger partial charge is 0.254 e. The summed E-state index contributed by atoms with van der Waals surface area (Å²) >= 11 is 0. The van der Waals surface area contributed by atoms with Crippen LogP contribution in [-0.4, -0.2) is 52.4 Å². The molecule has 1 atom stereocenters. The van der Waals surface area contributed by atoms with Crippen LogP contribution in [0, 0.1) is 0 Å². The zero-order valence-electron chi connectivity index (χ0n) is 16.6. The number of piperidine rings is 1. The Morgan fingerprint density at radius 3 is 2.61 bits per heavy atom. The Morgan fingerprint density at radius 2 is 1.89 bits per heavy atom. The third-order valence-electron chi connectivity index (χ3n) is 5.34. The SMILES string of the molecule is C[C@@H]1CCCCN1C(=O)c1cc(-c2cnc(N(C)C)nc2)nc2ccccc12. The van der Waals surface area contributed by atoms with Crippen LogP contribution in [0.15, 0.2) is 42.7 Å². The van der Waals surface area contributed by atoms with Crippen LogP contribution < -0.4 is 4.90 Å². The van der Waals surface area contributed by atoms with Crippen LogP contribution >= 0.6 is 0 Å². The first-order chi connectivity index (χ1) is 13.5. The van der Waals surface area contributed by atoms with Gasteiger partial charge in [0.2, 0.25) is 5.95 Å². The molecule has 0 saturated carbocycles. The van der Waals surface area contributed by atoms with E-state index >= 15 is 0 Å². The number of aromatic nitrogens is 3. The van der Waals surface area contributed by atoms with Crippen LogP contribution in [-0.2, 0) is 0 Å². The van der Waals surface area contributed by atoms with E-state index in [4.69, 9.17) is 4.98 Å². The zero-order valence-corrected chi connectivity index (χ0v) is 16.6. The molecular formula is C22H25N5O. The highest BCUT2D eigenvalue weighted by Crippen LogP contribution is 2.27. The maximum atomic E-state index is 13.4. The van der Waals surface area contributed by atoms with Gasteiger partial charge in [-0.15, -0.1) is 0 Å². The molecule has 144 valence electrons. The largest absolute Gasteiger partial charge is 0.347 e. The van der Waals surface area contributed by atoms with Gasteiger partial charge in [-0.25, -0.2) is 15.0 Å². The molecule has 3 aromatic rings. The van der Waals surface area contributed by atoms with Crippen molar-refractivity contribution in [1.82, 2.24) is 19.9 Å². The number of amides is 1. The standard InChI is InChI=1S/C22H25N5O/c1-15-8-6-7-11-27(15)21(28)18-12-20(25-19-10-5-4-9-17(18)19)16-13-23-22(24-14-16)26(2)3/h4-5,9-10,12-15H,6-8,11H2,1-3H3/t15-/m1/s1. The summed E-state index contributed by atoms with van der Waals surface area (Å²) in [5.41, 5.74) is 3.03. The molecule has 1 aromatic carbocycles. The number of rotatable bonds is 3. The zero-order chi connectivity index (χ0) is 19.7. The summed E-state index contributed by atoms with van der Waals surface area (Å²) in [7, 11) is 3.81. The van der Waals surface area contributed by atoms with E-state index in [0.717, 1.165) is 41.5 Å². The van der Waals surface area contributed by atoms with Gasteiger partial charge < -0.3 is 9.80 Å². The van der Waals surface area contributed by atoms with E-state index in [9.17, 15) is 4.79 Å². The molecule has 2 aromatic heterocycles. The van der Waals surface area contributed by atoms with Gasteiger partial charge in [0.05, 0.1) is 16.8 Å². The fourth-order valence-corrected chi connectivity index (χ4v) is 3.74. The molecule has 1 amide bonds. The van der Waals surface area contributed by atoms with E-state index < -0.39 is 0 Å². The van der Waals surface area contributed by atoms with Gasteiger partial charge in [0, 0.05) is 50.0 Å². The van der Waals surface area contributed by atoms with Crippen LogP contribution in [0.1, 0.15) is 36.5 Å². The summed E-state index contributed by atoms with van der Waals surface area (Å²) in [6, 6.07) is 9.97. The van der Waals surface area contributed by atoms with Crippen LogP contribution in [0.5, 0.6) is 0 Å². The highest BCUT2D eigenvalue weighted by Gasteiger charge is 2.26. The average Bonchev–Trinajstić information content (AvgIpc) is 2.73. The number of pyridine rings is 1. The normalized spacial score (nSPS) is 17.0. The Hall–Kier alpha value is -3.02. The summed E-state index contributed by atoms with van der Waals surface area (Å²) in [6.45, 7) is 2.95. The minimum atomic E-state index is 0.0814. The molecule has 0 bridgehead atoms. The summed E-state index contributed by atoms with van der Waals surface area (Å²) in [6.07, 6.45) is 6.82. The van der Waals surface area contributed by atoms with Gasteiger partial charge in [-0.05, 0) is 38.3 Å². The Bertz CT molecular complexity index is 999. The predicted octanol–water partition coefficient (Wildman–Crippen LogP) is 3.77. The quantitative estimate of drug-likeness (QED) is 0.697. The number of fused-ring (bicyclic) bond motifs is 1. The number of likely N-dealkylation sites (tertiary alicyclic amines) is 1.